The fourth-order valence-electron chi connectivity index (χ4n) is 5.01. The summed E-state index contributed by atoms with van der Waals surface area (Å²) in [6, 6.07) is 6.69. The number of pyridine rings is 1. The van der Waals surface area contributed by atoms with Crippen LogP contribution >= 0.6 is 0 Å². The number of benzene rings is 1. The lowest BCUT2D eigenvalue weighted by Gasteiger charge is -2.31. The van der Waals surface area contributed by atoms with Crippen LogP contribution in [0.3, 0.4) is 0 Å². The highest BCUT2D eigenvalue weighted by Gasteiger charge is 2.48. The fraction of sp³-hybridized carbons (Fsp3) is 0.385. The normalized spacial score (nSPS) is 17.6. The molecular formula is C26H26F3N7O2. The molecule has 38 heavy (non-hydrogen) atoms. The molecule has 0 radical (unpaired) electrons. The second-order valence-corrected chi connectivity index (χ2v) is 9.88. The Morgan fingerprint density at radius 2 is 1.97 bits per heavy atom. The highest BCUT2D eigenvalue weighted by molar-refractivity contribution is 6.05. The maximum absolute atomic E-state index is 15.0. The van der Waals surface area contributed by atoms with Crippen molar-refractivity contribution in [3.8, 4) is 11.4 Å². The van der Waals surface area contributed by atoms with Crippen LogP contribution in [0, 0.1) is 12.7 Å². The van der Waals surface area contributed by atoms with Crippen LogP contribution in [0.25, 0.3) is 17.0 Å². The molecule has 4 heterocycles. The average molecular weight is 526 g/mol. The zero-order valence-electron chi connectivity index (χ0n) is 20.9. The Kier molecular flexibility index (Phi) is 5.86. The molecule has 2 fully saturated rings. The third-order valence-corrected chi connectivity index (χ3v) is 7.31. The van der Waals surface area contributed by atoms with Crippen molar-refractivity contribution < 1.29 is 22.5 Å². The first-order chi connectivity index (χ1) is 18.2. The number of carbonyl (C=O) groups excluding carboxylic acids is 1. The smallest absolute Gasteiger partial charge is 0.276 e. The van der Waals surface area contributed by atoms with Gasteiger partial charge >= 0.3 is 0 Å². The molecule has 1 N–H and O–H groups in total. The van der Waals surface area contributed by atoms with Crippen LogP contribution < -0.4 is 15.1 Å². The number of fused-ring (bicyclic) bond motifs is 1. The van der Waals surface area contributed by atoms with Gasteiger partial charge in [0.2, 0.25) is 17.6 Å². The van der Waals surface area contributed by atoms with Crippen LogP contribution in [0.5, 0.6) is 0 Å². The first-order valence-electron chi connectivity index (χ1n) is 12.4. The molecule has 0 unspecified atom stereocenters. The first kappa shape index (κ1) is 24.4. The molecule has 1 saturated heterocycles. The van der Waals surface area contributed by atoms with E-state index in [0.29, 0.717) is 17.0 Å². The summed E-state index contributed by atoms with van der Waals surface area (Å²) >= 11 is 0. The molecule has 198 valence electrons. The van der Waals surface area contributed by atoms with Gasteiger partial charge in [0.15, 0.2) is 0 Å². The van der Waals surface area contributed by atoms with E-state index in [1.807, 2.05) is 18.3 Å². The van der Waals surface area contributed by atoms with E-state index >= 15 is 0 Å². The van der Waals surface area contributed by atoms with E-state index in [0.717, 1.165) is 31.9 Å². The minimum absolute atomic E-state index is 0.0756. The summed E-state index contributed by atoms with van der Waals surface area (Å²) in [5.41, 5.74) is 2.80. The molecule has 9 nitrogen and oxygen atoms in total. The fourth-order valence-corrected chi connectivity index (χ4v) is 5.01. The van der Waals surface area contributed by atoms with Crippen LogP contribution in [0.15, 0.2) is 41.2 Å². The Morgan fingerprint density at radius 1 is 1.21 bits per heavy atom. The maximum Gasteiger partial charge on any atom is 0.276 e. The van der Waals surface area contributed by atoms with E-state index in [2.05, 4.69) is 25.3 Å². The summed E-state index contributed by atoms with van der Waals surface area (Å²) in [5, 5.41) is 7.20. The molecule has 1 saturated carbocycles. The third kappa shape index (κ3) is 4.28. The van der Waals surface area contributed by atoms with Crippen molar-refractivity contribution in [2.24, 2.45) is 0 Å². The minimum Gasteiger partial charge on any atom is -0.368 e. The molecule has 3 aromatic heterocycles. The second kappa shape index (κ2) is 9.12. The molecule has 2 aliphatic rings. The molecule has 0 spiro atoms. The maximum atomic E-state index is 15.0. The zero-order chi connectivity index (χ0) is 26.6. The molecular weight excluding hydrogens is 499 g/mol. The number of piperazine rings is 1. The van der Waals surface area contributed by atoms with Gasteiger partial charge in [-0.15, -0.1) is 0 Å². The number of alkyl halides is 2. The third-order valence-electron chi connectivity index (χ3n) is 7.31. The largest absolute Gasteiger partial charge is 0.368 e. The minimum atomic E-state index is -2.73. The van der Waals surface area contributed by atoms with Crippen LogP contribution in [-0.2, 0) is 0 Å². The Balaban J connectivity index is 1.30. The van der Waals surface area contributed by atoms with E-state index in [-0.39, 0.29) is 41.6 Å². The zero-order valence-corrected chi connectivity index (χ0v) is 20.9. The monoisotopic (exact) mass is 525 g/mol. The van der Waals surface area contributed by atoms with Crippen molar-refractivity contribution in [1.82, 2.24) is 24.8 Å². The Morgan fingerprint density at radius 3 is 2.71 bits per heavy atom. The van der Waals surface area contributed by atoms with Crippen molar-refractivity contribution in [3.63, 3.8) is 0 Å². The number of imidazole rings is 1. The van der Waals surface area contributed by atoms with Gasteiger partial charge in [-0.05, 0) is 31.2 Å². The lowest BCUT2D eigenvalue weighted by Crippen LogP contribution is -2.43. The van der Waals surface area contributed by atoms with Crippen LogP contribution in [-0.4, -0.2) is 64.6 Å². The number of rotatable bonds is 5. The molecule has 12 heteroatoms. The van der Waals surface area contributed by atoms with Crippen LogP contribution in [0.1, 0.15) is 40.7 Å². The summed E-state index contributed by atoms with van der Waals surface area (Å²) in [6.07, 6.45) is 2.69. The molecule has 0 bridgehead atoms. The van der Waals surface area contributed by atoms with Gasteiger partial charge in [0.05, 0.1) is 17.6 Å². The van der Waals surface area contributed by atoms with E-state index in [1.54, 1.807) is 24.4 Å². The van der Waals surface area contributed by atoms with Gasteiger partial charge in [-0.3, -0.25) is 9.20 Å². The summed E-state index contributed by atoms with van der Waals surface area (Å²) < 4.78 is 48.4. The molecule has 6 rings (SSSR count). The molecule has 4 aromatic rings. The van der Waals surface area contributed by atoms with Gasteiger partial charge in [-0.25, -0.2) is 18.2 Å². The van der Waals surface area contributed by atoms with Crippen molar-refractivity contribution in [3.05, 3.63) is 59.6 Å². The van der Waals surface area contributed by atoms with E-state index in [1.165, 1.54) is 17.2 Å². The summed E-state index contributed by atoms with van der Waals surface area (Å²) in [4.78, 5) is 25.8. The summed E-state index contributed by atoms with van der Waals surface area (Å²) in [5.74, 6) is -4.00. The van der Waals surface area contributed by atoms with Crippen LogP contribution in [0.4, 0.5) is 24.5 Å². The predicted molar refractivity (Wildman–Crippen MR) is 134 cm³/mol. The number of aromatic nitrogens is 4. The number of hydrogen-bond acceptors (Lipinski definition) is 7. The molecule has 1 amide bonds. The quantitative estimate of drug-likeness (QED) is 0.421. The number of amides is 1. The SMILES string of the molecule is Cc1c(F)cc(-c2noc(C3CC(F)(F)C3)n2)cc1N(C)C(=O)c1cnc2ccc(N3CCNCC3)cn12. The van der Waals surface area contributed by atoms with Crippen molar-refractivity contribution in [2.75, 3.05) is 43.0 Å². The van der Waals surface area contributed by atoms with E-state index in [9.17, 15) is 18.0 Å². The number of nitrogens with zero attached hydrogens (tertiary/aromatic N) is 6. The lowest BCUT2D eigenvalue weighted by molar-refractivity contribution is -0.0925. The highest BCUT2D eigenvalue weighted by atomic mass is 19.3. The van der Waals surface area contributed by atoms with Gasteiger partial charge in [0.25, 0.3) is 5.91 Å². The number of anilines is 2. The lowest BCUT2D eigenvalue weighted by atomic mass is 9.81. The molecule has 1 aliphatic heterocycles. The van der Waals surface area contributed by atoms with E-state index < -0.39 is 17.7 Å². The van der Waals surface area contributed by atoms with Gasteiger partial charge < -0.3 is 19.6 Å². The number of halogens is 3. The highest BCUT2D eigenvalue weighted by Crippen LogP contribution is 2.48. The first-order valence-corrected chi connectivity index (χ1v) is 12.4. The van der Waals surface area contributed by atoms with E-state index in [4.69, 9.17) is 4.52 Å². The topological polar surface area (TPSA) is 91.8 Å². The standard InChI is InChI=1S/C26H26F3N7O2/c1-15-19(27)9-16(23-32-24(38-33-23)17-11-26(28,29)12-17)10-20(15)34(2)25(37)21-13-31-22-4-3-18(14-36(21)22)35-7-5-30-6-8-35/h3-4,9-10,13-14,17,30H,5-8,11-12H2,1-2H3. The van der Waals surface area contributed by atoms with Gasteiger partial charge in [0.1, 0.15) is 17.2 Å². The Bertz CT molecular complexity index is 1520. The van der Waals surface area contributed by atoms with Crippen molar-refractivity contribution in [2.45, 2.75) is 31.6 Å². The number of nitrogens with one attached hydrogen (secondary N) is 1. The Hall–Kier alpha value is -3.93. The van der Waals surface area contributed by atoms with Crippen molar-refractivity contribution >= 4 is 22.9 Å². The molecule has 1 aliphatic carbocycles. The molecule has 0 atom stereocenters. The average Bonchev–Trinajstić information content (AvgIpc) is 3.56. The number of carbonyl (C=O) groups is 1. The summed E-state index contributed by atoms with van der Waals surface area (Å²) in [7, 11) is 1.56. The van der Waals surface area contributed by atoms with Crippen molar-refractivity contribution in [1.29, 1.82) is 0 Å². The summed E-state index contributed by atoms with van der Waals surface area (Å²) in [6.45, 7) is 5.05. The number of hydrogen-bond donors (Lipinski definition) is 1. The second-order valence-electron chi connectivity index (χ2n) is 9.88. The van der Waals surface area contributed by atoms with Gasteiger partial charge in [-0.2, -0.15) is 4.98 Å². The van der Waals surface area contributed by atoms with Gasteiger partial charge in [-0.1, -0.05) is 5.16 Å². The predicted octanol–water partition coefficient (Wildman–Crippen LogP) is 4.03. The van der Waals surface area contributed by atoms with Gasteiger partial charge in [0, 0.05) is 69.3 Å². The van der Waals surface area contributed by atoms with Crippen LogP contribution in [0.2, 0.25) is 0 Å². The molecule has 1 aromatic carbocycles. The Labute approximate surface area is 216 Å².